The van der Waals surface area contributed by atoms with E-state index in [-0.39, 0.29) is 0 Å². The van der Waals surface area contributed by atoms with Crippen LogP contribution in [0.3, 0.4) is 0 Å². The smallest absolute Gasteiger partial charge is 0.150 e. The molecule has 2 rings (SSSR count). The van der Waals surface area contributed by atoms with E-state index in [1.807, 2.05) is 25.7 Å². The first kappa shape index (κ1) is 29.0. The van der Waals surface area contributed by atoms with Crippen molar-refractivity contribution in [3.63, 3.8) is 0 Å². The number of halogens is 2. The molecule has 0 saturated carbocycles. The van der Waals surface area contributed by atoms with Crippen LogP contribution in [-0.2, 0) is 0 Å². The molecular formula is C21H30Cl2O4Te. The molecule has 0 saturated heterocycles. The topological polar surface area (TPSA) is 52.6 Å². The third kappa shape index (κ3) is 15.8. The van der Waals surface area contributed by atoms with Crippen molar-refractivity contribution >= 4 is 46.4 Å². The number of aldehydes is 2. The van der Waals surface area contributed by atoms with Crippen molar-refractivity contribution in [2.45, 2.75) is 30.2 Å². The van der Waals surface area contributed by atoms with Crippen LogP contribution in [0.2, 0.25) is 9.44 Å². The van der Waals surface area contributed by atoms with Gasteiger partial charge in [-0.25, -0.2) is 0 Å². The molecule has 0 aliphatic carbocycles. The van der Waals surface area contributed by atoms with Crippen LogP contribution < -0.4 is 9.47 Å². The molecule has 0 atom stereocenters. The summed E-state index contributed by atoms with van der Waals surface area (Å²) in [5.74, 6) is 1.54. The second-order valence-corrected chi connectivity index (χ2v) is 21.8. The second-order valence-electron chi connectivity index (χ2n) is 4.94. The van der Waals surface area contributed by atoms with E-state index in [2.05, 4.69) is 0 Å². The molecule has 0 heterocycles. The van der Waals surface area contributed by atoms with Crippen LogP contribution in [0.15, 0.2) is 48.5 Å². The molecular weight excluding hydrogens is 515 g/mol. The monoisotopic (exact) mass is 546 g/mol. The van der Waals surface area contributed by atoms with E-state index < -0.39 is 15.9 Å². The molecule has 28 heavy (non-hydrogen) atoms. The average Bonchev–Trinajstić information content (AvgIpc) is 2.75. The van der Waals surface area contributed by atoms with Gasteiger partial charge in [0.1, 0.15) is 24.1 Å². The maximum absolute atomic E-state index is 10.2. The van der Waals surface area contributed by atoms with Crippen molar-refractivity contribution in [2.75, 3.05) is 14.2 Å². The number of carbonyl (C=O) groups excluding carboxylic acids is 2. The van der Waals surface area contributed by atoms with Crippen LogP contribution in [0.5, 0.6) is 11.5 Å². The second kappa shape index (κ2) is 17.8. The Morgan fingerprint density at radius 3 is 1.18 bits per heavy atom. The number of rotatable bonds is 5. The zero-order valence-electron chi connectivity index (χ0n) is 17.3. The largest absolute Gasteiger partial charge is 0.497 e. The minimum absolute atomic E-state index is 0.667. The summed E-state index contributed by atoms with van der Waals surface area (Å²) in [5, 5.41) is 0. The van der Waals surface area contributed by atoms with Crippen molar-refractivity contribution < 1.29 is 19.1 Å². The fourth-order valence-electron chi connectivity index (χ4n) is 1.36. The Hall–Kier alpha value is -1.25. The molecule has 0 unspecified atom stereocenters. The maximum Gasteiger partial charge on any atom is 0.150 e. The van der Waals surface area contributed by atoms with E-state index in [0.717, 1.165) is 28.5 Å². The summed E-state index contributed by atoms with van der Waals surface area (Å²) in [4.78, 5) is 22.3. The van der Waals surface area contributed by atoms with Gasteiger partial charge in [0, 0.05) is 11.1 Å². The fourth-order valence-corrected chi connectivity index (χ4v) is 1.36. The first-order chi connectivity index (χ1) is 13.3. The summed E-state index contributed by atoms with van der Waals surface area (Å²) in [5.41, 5.74) is 1.33. The van der Waals surface area contributed by atoms with E-state index in [1.165, 1.54) is 0 Å². The molecule has 158 valence electrons. The molecule has 0 spiro atoms. The van der Waals surface area contributed by atoms with Gasteiger partial charge in [-0.2, -0.15) is 0 Å². The van der Waals surface area contributed by atoms with Gasteiger partial charge in [0.25, 0.3) is 0 Å². The molecule has 0 bridgehead atoms. The SMILES string of the molecule is CC.CC[Te](C)(Cl)Cl.COc1ccc(C=O)cc1.COc1ccc(C=O)cc1. The molecule has 0 aliphatic heterocycles. The molecule has 0 N–H and O–H groups in total. The quantitative estimate of drug-likeness (QED) is 0.314. The van der Waals surface area contributed by atoms with Gasteiger partial charge >= 0.3 is 50.2 Å². The van der Waals surface area contributed by atoms with E-state index in [0.29, 0.717) is 11.1 Å². The number of benzene rings is 2. The van der Waals surface area contributed by atoms with Crippen molar-refractivity contribution in [3.8, 4) is 11.5 Å². The summed E-state index contributed by atoms with van der Waals surface area (Å²) in [7, 11) is 14.5. The van der Waals surface area contributed by atoms with E-state index in [4.69, 9.17) is 27.4 Å². The minimum Gasteiger partial charge on any atom is -0.497 e. The van der Waals surface area contributed by atoms with Crippen molar-refractivity contribution in [1.29, 1.82) is 0 Å². The standard InChI is InChI=1S/2C8H8O2.C3H8Cl2Te.C2H6/c2*1-10-8-4-2-7(6-9)3-5-8;1-3-6(2,4)5;1-2/h2*2-6H,1H3;3H2,1-2H3;1-2H3. The molecule has 0 aliphatic rings. The van der Waals surface area contributed by atoms with Crippen LogP contribution in [0, 0.1) is 0 Å². The van der Waals surface area contributed by atoms with Gasteiger partial charge in [0.2, 0.25) is 0 Å². The van der Waals surface area contributed by atoms with Gasteiger partial charge < -0.3 is 9.47 Å². The molecule has 0 fully saturated rings. The van der Waals surface area contributed by atoms with Gasteiger partial charge in [-0.15, -0.1) is 0 Å². The van der Waals surface area contributed by atoms with E-state index >= 15 is 0 Å². The Kier molecular flexibility index (Phi) is 18.4. The predicted octanol–water partition coefficient (Wildman–Crippen LogP) is 6.60. The number of carbonyl (C=O) groups is 2. The maximum atomic E-state index is 10.2. The Morgan fingerprint density at radius 2 is 1.04 bits per heavy atom. The van der Waals surface area contributed by atoms with Gasteiger partial charge in [-0.05, 0) is 48.5 Å². The predicted molar refractivity (Wildman–Crippen MR) is 122 cm³/mol. The molecule has 0 amide bonds. The van der Waals surface area contributed by atoms with Crippen molar-refractivity contribution in [1.82, 2.24) is 0 Å². The number of ether oxygens (including phenoxy) is 2. The third-order valence-electron chi connectivity index (χ3n) is 3.01. The molecule has 7 heteroatoms. The Morgan fingerprint density at radius 1 is 0.786 bits per heavy atom. The van der Waals surface area contributed by atoms with Crippen LogP contribution in [-0.4, -0.2) is 42.7 Å². The Balaban J connectivity index is 0. The van der Waals surface area contributed by atoms with Crippen molar-refractivity contribution in [3.05, 3.63) is 59.7 Å². The first-order valence-corrected chi connectivity index (χ1v) is 18.5. The van der Waals surface area contributed by atoms with Gasteiger partial charge in [0.05, 0.1) is 14.2 Å². The van der Waals surface area contributed by atoms with Crippen LogP contribution >= 0.6 is 17.9 Å². The zero-order chi connectivity index (χ0) is 22.0. The molecule has 2 aromatic carbocycles. The molecule has 4 nitrogen and oxygen atoms in total. The first-order valence-electron chi connectivity index (χ1n) is 8.63. The van der Waals surface area contributed by atoms with E-state index in [9.17, 15) is 9.59 Å². The average molecular weight is 545 g/mol. The Labute approximate surface area is 180 Å². The number of methoxy groups -OCH3 is 2. The summed E-state index contributed by atoms with van der Waals surface area (Å²) in [6.45, 7) is 6.03. The van der Waals surface area contributed by atoms with Crippen LogP contribution in [0.4, 0.5) is 0 Å². The van der Waals surface area contributed by atoms with Crippen molar-refractivity contribution in [2.24, 2.45) is 0 Å². The van der Waals surface area contributed by atoms with Crippen LogP contribution in [0.1, 0.15) is 41.5 Å². The normalized spacial score (nSPS) is 9.71. The summed E-state index contributed by atoms with van der Waals surface area (Å²) in [6, 6.07) is 13.9. The Bertz CT molecular complexity index is 587. The summed E-state index contributed by atoms with van der Waals surface area (Å²) in [6.07, 6.45) is 1.61. The fraction of sp³-hybridized carbons (Fsp3) is 0.333. The number of hydrogen-bond donors (Lipinski definition) is 0. The minimum atomic E-state index is -2.12. The number of hydrogen-bond acceptors (Lipinski definition) is 4. The van der Waals surface area contributed by atoms with E-state index in [1.54, 1.807) is 62.8 Å². The molecule has 0 radical (unpaired) electrons. The molecule has 0 aromatic heterocycles. The zero-order valence-corrected chi connectivity index (χ0v) is 21.1. The molecule has 2 aromatic rings. The van der Waals surface area contributed by atoms with Gasteiger partial charge in [0.15, 0.2) is 0 Å². The van der Waals surface area contributed by atoms with Gasteiger partial charge in [-0.3, -0.25) is 9.59 Å². The third-order valence-corrected chi connectivity index (χ3v) is 8.83. The van der Waals surface area contributed by atoms with Crippen LogP contribution in [0.25, 0.3) is 0 Å². The van der Waals surface area contributed by atoms with Gasteiger partial charge in [-0.1, -0.05) is 13.8 Å². The summed E-state index contributed by atoms with van der Waals surface area (Å²) < 4.78 is 10.8. The summed E-state index contributed by atoms with van der Waals surface area (Å²) >= 11 is -2.12.